The predicted molar refractivity (Wildman–Crippen MR) is 97.5 cm³/mol. The van der Waals surface area contributed by atoms with E-state index in [4.69, 9.17) is 4.74 Å². The number of ether oxygens (including phenoxy) is 1. The molecule has 0 spiro atoms. The molecule has 3 rings (SSSR count). The first-order chi connectivity index (χ1) is 12.2. The van der Waals surface area contributed by atoms with Crippen LogP contribution in [-0.4, -0.2) is 24.0 Å². The van der Waals surface area contributed by atoms with Crippen LogP contribution in [-0.2, 0) is 11.2 Å². The second-order valence-electron chi connectivity index (χ2n) is 5.58. The Hall–Kier alpha value is -2.47. The summed E-state index contributed by atoms with van der Waals surface area (Å²) < 4.78 is 19.4. The summed E-state index contributed by atoms with van der Waals surface area (Å²) in [6, 6.07) is 13.8. The van der Waals surface area contributed by atoms with Crippen molar-refractivity contribution in [3.8, 4) is 5.75 Å². The van der Waals surface area contributed by atoms with Gasteiger partial charge in [-0.1, -0.05) is 12.1 Å². The molecule has 0 radical (unpaired) electrons. The zero-order chi connectivity index (χ0) is 17.5. The zero-order valence-electron chi connectivity index (χ0n) is 13.7. The third kappa shape index (κ3) is 5.26. The van der Waals surface area contributed by atoms with Gasteiger partial charge >= 0.3 is 0 Å². The normalized spacial score (nSPS) is 10.8. The number of fused-ring (bicyclic) bond motifs is 1. The number of rotatable bonds is 8. The van der Waals surface area contributed by atoms with Crippen molar-refractivity contribution in [2.75, 3.05) is 13.2 Å². The van der Waals surface area contributed by atoms with Gasteiger partial charge in [-0.15, -0.1) is 11.3 Å². The van der Waals surface area contributed by atoms with Crippen LogP contribution < -0.4 is 10.1 Å². The average Bonchev–Trinajstić information content (AvgIpc) is 3.03. The molecule has 1 aromatic heterocycles. The van der Waals surface area contributed by atoms with Gasteiger partial charge < -0.3 is 10.1 Å². The molecule has 0 bridgehead atoms. The Labute approximate surface area is 149 Å². The van der Waals surface area contributed by atoms with Gasteiger partial charge in [0.25, 0.3) is 0 Å². The highest BCUT2D eigenvalue weighted by Gasteiger charge is 2.05. The Bertz CT molecular complexity index is 800. The Kier molecular flexibility index (Phi) is 5.95. The number of nitrogens with zero attached hydrogens (tertiary/aromatic N) is 1. The van der Waals surface area contributed by atoms with E-state index >= 15 is 0 Å². The number of halogens is 1. The first-order valence-corrected chi connectivity index (χ1v) is 9.02. The molecule has 1 amide bonds. The molecule has 0 saturated carbocycles. The molecule has 0 aliphatic carbocycles. The summed E-state index contributed by atoms with van der Waals surface area (Å²) in [5.74, 6) is 0.203. The highest BCUT2D eigenvalue weighted by molar-refractivity contribution is 7.18. The minimum absolute atomic E-state index is 0.0496. The molecule has 0 atom stereocenters. The van der Waals surface area contributed by atoms with E-state index in [9.17, 15) is 9.18 Å². The number of benzene rings is 2. The smallest absolute Gasteiger partial charge is 0.223 e. The molecule has 2 aromatic carbocycles. The maximum Gasteiger partial charge on any atom is 0.223 e. The lowest BCUT2D eigenvalue weighted by molar-refractivity contribution is -0.121. The molecule has 25 heavy (non-hydrogen) atoms. The maximum atomic E-state index is 12.8. The van der Waals surface area contributed by atoms with Crippen LogP contribution in [0.4, 0.5) is 4.39 Å². The molecular weight excluding hydrogens is 339 g/mol. The number of hydrogen-bond acceptors (Lipinski definition) is 4. The molecule has 0 aliphatic heterocycles. The first kappa shape index (κ1) is 17.4. The first-order valence-electron chi connectivity index (χ1n) is 8.20. The summed E-state index contributed by atoms with van der Waals surface area (Å²) in [6.07, 6.45) is 1.98. The van der Waals surface area contributed by atoms with Crippen LogP contribution >= 0.6 is 11.3 Å². The number of hydrogen-bond donors (Lipinski definition) is 1. The Morgan fingerprint density at radius 3 is 2.76 bits per heavy atom. The summed E-state index contributed by atoms with van der Waals surface area (Å²) in [5, 5.41) is 3.97. The summed E-state index contributed by atoms with van der Waals surface area (Å²) in [6.45, 7) is 0.890. The molecule has 0 unspecified atom stereocenters. The third-order valence-electron chi connectivity index (χ3n) is 3.64. The molecule has 3 aromatic rings. The fourth-order valence-electron chi connectivity index (χ4n) is 2.38. The van der Waals surface area contributed by atoms with Crippen LogP contribution in [0.15, 0.2) is 48.5 Å². The van der Waals surface area contributed by atoms with Crippen molar-refractivity contribution < 1.29 is 13.9 Å². The van der Waals surface area contributed by atoms with Gasteiger partial charge in [-0.2, -0.15) is 0 Å². The minimum atomic E-state index is -0.307. The second-order valence-corrected chi connectivity index (χ2v) is 6.70. The van der Waals surface area contributed by atoms with Crippen LogP contribution in [0.2, 0.25) is 0 Å². The maximum absolute atomic E-state index is 12.8. The van der Waals surface area contributed by atoms with Gasteiger partial charge in [0.1, 0.15) is 11.6 Å². The summed E-state index contributed by atoms with van der Waals surface area (Å²) in [5.41, 5.74) is 1.03. The number of aryl methyl sites for hydroxylation is 1. The Morgan fingerprint density at radius 1 is 1.16 bits per heavy atom. The van der Waals surface area contributed by atoms with Gasteiger partial charge in [0.05, 0.1) is 28.3 Å². The van der Waals surface area contributed by atoms with E-state index in [1.807, 2.05) is 18.2 Å². The van der Waals surface area contributed by atoms with Crippen LogP contribution in [0.25, 0.3) is 10.2 Å². The van der Waals surface area contributed by atoms with Gasteiger partial charge in [0.15, 0.2) is 0 Å². The molecule has 0 fully saturated rings. The average molecular weight is 358 g/mol. The number of carbonyl (C=O) groups excluding carboxylic acids is 1. The van der Waals surface area contributed by atoms with E-state index in [2.05, 4.69) is 16.4 Å². The van der Waals surface area contributed by atoms with Crippen molar-refractivity contribution in [1.29, 1.82) is 0 Å². The quantitative estimate of drug-likeness (QED) is 0.620. The monoisotopic (exact) mass is 358 g/mol. The van der Waals surface area contributed by atoms with E-state index in [-0.39, 0.29) is 24.8 Å². The van der Waals surface area contributed by atoms with Crippen LogP contribution in [0.3, 0.4) is 0 Å². The van der Waals surface area contributed by atoms with E-state index in [1.54, 1.807) is 23.5 Å². The van der Waals surface area contributed by atoms with E-state index in [0.29, 0.717) is 12.3 Å². The van der Waals surface area contributed by atoms with Gasteiger partial charge in [0, 0.05) is 13.0 Å². The Balaban J connectivity index is 1.31. The van der Waals surface area contributed by atoms with Crippen molar-refractivity contribution >= 4 is 27.5 Å². The topological polar surface area (TPSA) is 51.2 Å². The molecule has 0 saturated heterocycles. The molecule has 6 heteroatoms. The van der Waals surface area contributed by atoms with Crippen molar-refractivity contribution in [2.24, 2.45) is 0 Å². The second kappa shape index (κ2) is 8.58. The van der Waals surface area contributed by atoms with Gasteiger partial charge in [0.2, 0.25) is 5.91 Å². The number of amides is 1. The Morgan fingerprint density at radius 2 is 1.96 bits per heavy atom. The lowest BCUT2D eigenvalue weighted by atomic mass is 10.3. The van der Waals surface area contributed by atoms with Crippen molar-refractivity contribution in [1.82, 2.24) is 10.3 Å². The van der Waals surface area contributed by atoms with Crippen LogP contribution in [0, 0.1) is 5.82 Å². The fourth-order valence-corrected chi connectivity index (χ4v) is 3.38. The lowest BCUT2D eigenvalue weighted by Crippen LogP contribution is -2.26. The number of para-hydroxylation sites is 1. The third-order valence-corrected chi connectivity index (χ3v) is 4.74. The molecule has 0 aliphatic rings. The highest BCUT2D eigenvalue weighted by Crippen LogP contribution is 2.22. The van der Waals surface area contributed by atoms with E-state index in [1.165, 1.54) is 16.8 Å². The molecule has 1 heterocycles. The van der Waals surface area contributed by atoms with Crippen molar-refractivity contribution in [2.45, 2.75) is 19.3 Å². The van der Waals surface area contributed by atoms with Crippen LogP contribution in [0.5, 0.6) is 5.75 Å². The van der Waals surface area contributed by atoms with Crippen molar-refractivity contribution in [3.63, 3.8) is 0 Å². The van der Waals surface area contributed by atoms with Crippen LogP contribution in [0.1, 0.15) is 17.8 Å². The standard InChI is InChI=1S/C19H19FN2O2S/c20-14-7-9-15(10-8-14)24-13-11-18(23)21-12-3-6-19-22-16-4-1-2-5-17(16)25-19/h1-2,4-5,7-10H,3,6,11-13H2,(H,21,23). The largest absolute Gasteiger partial charge is 0.493 e. The van der Waals surface area contributed by atoms with E-state index < -0.39 is 0 Å². The van der Waals surface area contributed by atoms with Gasteiger partial charge in [-0.25, -0.2) is 9.37 Å². The molecular formula is C19H19FN2O2S. The predicted octanol–water partition coefficient (Wildman–Crippen LogP) is 3.95. The molecule has 130 valence electrons. The van der Waals surface area contributed by atoms with Crippen molar-refractivity contribution in [3.05, 3.63) is 59.4 Å². The minimum Gasteiger partial charge on any atom is -0.493 e. The summed E-state index contributed by atoms with van der Waals surface area (Å²) in [4.78, 5) is 16.4. The van der Waals surface area contributed by atoms with Gasteiger partial charge in [-0.3, -0.25) is 4.79 Å². The number of nitrogens with one attached hydrogen (secondary N) is 1. The number of aromatic nitrogens is 1. The van der Waals surface area contributed by atoms with Gasteiger partial charge in [-0.05, 0) is 42.8 Å². The summed E-state index contributed by atoms with van der Waals surface area (Å²) >= 11 is 1.70. The zero-order valence-corrected chi connectivity index (χ0v) is 14.5. The SMILES string of the molecule is O=C(CCOc1ccc(F)cc1)NCCCc1nc2ccccc2s1. The molecule has 4 nitrogen and oxygen atoms in total. The number of thiazole rings is 1. The van der Waals surface area contributed by atoms with E-state index in [0.717, 1.165) is 23.4 Å². The lowest BCUT2D eigenvalue weighted by Gasteiger charge is -2.07. The molecule has 1 N–H and O–H groups in total. The number of carbonyl (C=O) groups is 1. The summed E-state index contributed by atoms with van der Waals surface area (Å²) in [7, 11) is 0. The fraction of sp³-hybridized carbons (Fsp3) is 0.263. The highest BCUT2D eigenvalue weighted by atomic mass is 32.1.